The van der Waals surface area contributed by atoms with E-state index in [9.17, 15) is 9.90 Å². The van der Waals surface area contributed by atoms with Gasteiger partial charge in [-0.2, -0.15) is 11.3 Å². The van der Waals surface area contributed by atoms with Crippen LogP contribution < -0.4 is 5.11 Å². The van der Waals surface area contributed by atoms with Crippen LogP contribution in [0.3, 0.4) is 0 Å². The van der Waals surface area contributed by atoms with Gasteiger partial charge in [-0.25, -0.2) is 0 Å². The van der Waals surface area contributed by atoms with Crippen molar-refractivity contribution >= 4 is 23.4 Å². The molecule has 0 aliphatic carbocycles. The van der Waals surface area contributed by atoms with Crippen molar-refractivity contribution in [1.29, 1.82) is 0 Å². The molecule has 0 aliphatic rings. The molecule has 0 saturated heterocycles. The van der Waals surface area contributed by atoms with Crippen molar-refractivity contribution in [3.05, 3.63) is 28.5 Å². The number of carboxylic acid groups (broad SMARTS) is 1. The second kappa shape index (κ2) is 3.17. The zero-order valence-electron chi connectivity index (χ0n) is 5.11. The predicted octanol–water partition coefficient (Wildman–Crippen LogP) is 0.511. The number of carbonyl (C=O) groups is 1. The van der Waals surface area contributed by atoms with Crippen LogP contribution in [0.25, 0.3) is 6.08 Å². The Morgan fingerprint density at radius 2 is 2.50 bits per heavy atom. The van der Waals surface area contributed by atoms with E-state index < -0.39 is 5.97 Å². The van der Waals surface area contributed by atoms with Crippen LogP contribution in [0.4, 0.5) is 0 Å². The highest BCUT2D eigenvalue weighted by atomic mass is 32.1. The van der Waals surface area contributed by atoms with Crippen molar-refractivity contribution in [2.45, 2.75) is 0 Å². The van der Waals surface area contributed by atoms with Gasteiger partial charge in [-0.15, -0.1) is 0 Å². The average Bonchev–Trinajstić information content (AvgIpc) is 2.34. The summed E-state index contributed by atoms with van der Waals surface area (Å²) in [5.74, 6) is -1.16. The number of carbonyl (C=O) groups excluding carboxylic acids is 1. The van der Waals surface area contributed by atoms with E-state index in [2.05, 4.69) is 0 Å². The molecule has 0 aromatic carbocycles. The Labute approximate surface area is 62.4 Å². The summed E-state index contributed by atoms with van der Waals surface area (Å²) in [7, 11) is 0. The highest BCUT2D eigenvalue weighted by molar-refractivity contribution is 7.08. The third kappa shape index (κ3) is 2.03. The molecule has 0 amide bonds. The van der Waals surface area contributed by atoms with Gasteiger partial charge in [0.2, 0.25) is 0 Å². The number of carboxylic acids is 1. The van der Waals surface area contributed by atoms with Crippen LogP contribution in [-0.2, 0) is 4.79 Å². The Kier molecular flexibility index (Phi) is 2.23. The Hall–Kier alpha value is -1.09. The van der Waals surface area contributed by atoms with Gasteiger partial charge in [0.25, 0.3) is 0 Å². The van der Waals surface area contributed by atoms with Gasteiger partial charge in [-0.05, 0) is 28.5 Å². The minimum Gasteiger partial charge on any atom is -0.545 e. The van der Waals surface area contributed by atoms with E-state index in [-0.39, 0.29) is 0 Å². The molecule has 52 valence electrons. The van der Waals surface area contributed by atoms with E-state index in [1.165, 1.54) is 17.4 Å². The molecule has 0 atom stereocenters. The first-order valence-corrected chi connectivity index (χ1v) is 3.64. The standard InChI is InChI=1S/C7H6O2S/c8-7(9)2-1-6-3-4-10-5-6/h1-5H,(H,8,9)/p-1/b2-1-. The third-order valence-electron chi connectivity index (χ3n) is 0.955. The van der Waals surface area contributed by atoms with E-state index >= 15 is 0 Å². The zero-order chi connectivity index (χ0) is 7.40. The van der Waals surface area contributed by atoms with Crippen LogP contribution in [-0.4, -0.2) is 5.97 Å². The quantitative estimate of drug-likeness (QED) is 0.581. The normalized spacial score (nSPS) is 10.4. The Morgan fingerprint density at radius 3 is 3.00 bits per heavy atom. The lowest BCUT2D eigenvalue weighted by Gasteiger charge is -1.87. The lowest BCUT2D eigenvalue weighted by atomic mass is 10.3. The van der Waals surface area contributed by atoms with Gasteiger partial charge in [-0.1, -0.05) is 6.08 Å². The van der Waals surface area contributed by atoms with Gasteiger partial charge in [0, 0.05) is 0 Å². The topological polar surface area (TPSA) is 40.1 Å². The van der Waals surface area contributed by atoms with Gasteiger partial charge >= 0.3 is 0 Å². The highest BCUT2D eigenvalue weighted by Gasteiger charge is 1.82. The first kappa shape index (κ1) is 7.02. The van der Waals surface area contributed by atoms with Crippen LogP contribution in [0.15, 0.2) is 22.9 Å². The van der Waals surface area contributed by atoms with Crippen LogP contribution in [0.2, 0.25) is 0 Å². The van der Waals surface area contributed by atoms with Crippen molar-refractivity contribution in [2.75, 3.05) is 0 Å². The minimum absolute atomic E-state index is 0.897. The second-order valence-corrected chi connectivity index (χ2v) is 2.49. The molecule has 0 N–H and O–H groups in total. The first-order chi connectivity index (χ1) is 4.79. The van der Waals surface area contributed by atoms with E-state index in [1.807, 2.05) is 16.8 Å². The molecule has 0 fully saturated rings. The molecule has 1 heterocycles. The molecule has 0 saturated carbocycles. The number of hydrogen-bond donors (Lipinski definition) is 0. The Bertz CT molecular complexity index is 236. The molecule has 0 spiro atoms. The summed E-state index contributed by atoms with van der Waals surface area (Å²) >= 11 is 1.53. The fraction of sp³-hybridized carbons (Fsp3) is 0. The van der Waals surface area contributed by atoms with E-state index in [4.69, 9.17) is 0 Å². The molecule has 1 aromatic rings. The average molecular weight is 153 g/mol. The number of hydrogen-bond acceptors (Lipinski definition) is 3. The Morgan fingerprint density at radius 1 is 1.70 bits per heavy atom. The minimum atomic E-state index is -1.16. The van der Waals surface area contributed by atoms with Crippen molar-refractivity contribution < 1.29 is 9.90 Å². The fourth-order valence-electron chi connectivity index (χ4n) is 0.534. The van der Waals surface area contributed by atoms with E-state index in [0.717, 1.165) is 11.6 Å². The molecule has 0 aliphatic heterocycles. The maximum absolute atomic E-state index is 9.90. The zero-order valence-corrected chi connectivity index (χ0v) is 5.93. The first-order valence-electron chi connectivity index (χ1n) is 2.70. The number of rotatable bonds is 2. The molecule has 1 aromatic heterocycles. The molecule has 0 bridgehead atoms. The molecule has 0 unspecified atom stereocenters. The molecule has 2 nitrogen and oxygen atoms in total. The fourth-order valence-corrected chi connectivity index (χ4v) is 1.16. The van der Waals surface area contributed by atoms with Crippen LogP contribution in [0.1, 0.15) is 5.56 Å². The summed E-state index contributed by atoms with van der Waals surface area (Å²) in [6.07, 6.45) is 2.52. The van der Waals surface area contributed by atoms with Crippen LogP contribution in [0, 0.1) is 0 Å². The van der Waals surface area contributed by atoms with Crippen molar-refractivity contribution in [2.24, 2.45) is 0 Å². The molecule has 3 heteroatoms. The lowest BCUT2D eigenvalue weighted by Crippen LogP contribution is -2.18. The summed E-state index contributed by atoms with van der Waals surface area (Å²) in [5, 5.41) is 13.6. The second-order valence-electron chi connectivity index (χ2n) is 1.71. The largest absolute Gasteiger partial charge is 0.545 e. The van der Waals surface area contributed by atoms with Crippen LogP contribution >= 0.6 is 11.3 Å². The summed E-state index contributed by atoms with van der Waals surface area (Å²) in [6.45, 7) is 0. The third-order valence-corrected chi connectivity index (χ3v) is 1.66. The SMILES string of the molecule is O=C([O-])/C=C\c1ccsc1. The molecular formula is C7H5O2S-. The van der Waals surface area contributed by atoms with Crippen molar-refractivity contribution in [1.82, 2.24) is 0 Å². The van der Waals surface area contributed by atoms with Crippen molar-refractivity contribution in [3.8, 4) is 0 Å². The van der Waals surface area contributed by atoms with Gasteiger partial charge in [0.05, 0.1) is 5.97 Å². The summed E-state index contributed by atoms with van der Waals surface area (Å²) in [5.41, 5.74) is 0.897. The van der Waals surface area contributed by atoms with E-state index in [1.54, 1.807) is 0 Å². The maximum atomic E-state index is 9.90. The lowest BCUT2D eigenvalue weighted by molar-refractivity contribution is -0.297. The maximum Gasteiger partial charge on any atom is 0.0643 e. The van der Waals surface area contributed by atoms with E-state index in [0.29, 0.717) is 0 Å². The molecular weight excluding hydrogens is 148 g/mol. The number of aliphatic carboxylic acids is 1. The summed E-state index contributed by atoms with van der Waals surface area (Å²) < 4.78 is 0. The summed E-state index contributed by atoms with van der Waals surface area (Å²) in [4.78, 5) is 9.90. The number of thiophene rings is 1. The molecule has 0 radical (unpaired) electrons. The van der Waals surface area contributed by atoms with Gasteiger partial charge in [0.15, 0.2) is 0 Å². The molecule has 10 heavy (non-hydrogen) atoms. The Balaban J connectivity index is 2.64. The highest BCUT2D eigenvalue weighted by Crippen LogP contribution is 2.06. The summed E-state index contributed by atoms with van der Waals surface area (Å²) in [6, 6.07) is 1.84. The van der Waals surface area contributed by atoms with Gasteiger partial charge < -0.3 is 9.90 Å². The van der Waals surface area contributed by atoms with Gasteiger partial charge in [0.1, 0.15) is 0 Å². The van der Waals surface area contributed by atoms with Gasteiger partial charge in [-0.3, -0.25) is 0 Å². The monoisotopic (exact) mass is 153 g/mol. The molecule has 1 rings (SSSR count). The van der Waals surface area contributed by atoms with Crippen LogP contribution in [0.5, 0.6) is 0 Å². The van der Waals surface area contributed by atoms with Crippen molar-refractivity contribution in [3.63, 3.8) is 0 Å². The smallest absolute Gasteiger partial charge is 0.0643 e. The predicted molar refractivity (Wildman–Crippen MR) is 38.4 cm³/mol.